The molecule has 1 N–H and O–H groups in total. The fourth-order valence-corrected chi connectivity index (χ4v) is 2.41. The summed E-state index contributed by atoms with van der Waals surface area (Å²) >= 11 is 6.43. The fourth-order valence-electron chi connectivity index (χ4n) is 2.12. The van der Waals surface area contributed by atoms with E-state index in [0.29, 0.717) is 11.1 Å². The van der Waals surface area contributed by atoms with Crippen molar-refractivity contribution in [3.8, 4) is 0 Å². The topological polar surface area (TPSA) is 28.2 Å². The molecule has 0 amide bonds. The highest BCUT2D eigenvalue weighted by Crippen LogP contribution is 2.29. The molecule has 1 aliphatic rings. The third-order valence-electron chi connectivity index (χ3n) is 3.43. The third kappa shape index (κ3) is 3.97. The molecule has 1 aromatic rings. The Morgan fingerprint density at radius 3 is 2.70 bits per heavy atom. The molecule has 0 atom stereocenters. The van der Waals surface area contributed by atoms with E-state index >= 15 is 0 Å². The minimum atomic E-state index is -0.0430. The Balaban J connectivity index is 2.15. The zero-order valence-electron chi connectivity index (χ0n) is 12.6. The van der Waals surface area contributed by atoms with Crippen LogP contribution in [0.5, 0.6) is 0 Å². The van der Waals surface area contributed by atoms with E-state index in [1.54, 1.807) is 0 Å². The van der Waals surface area contributed by atoms with E-state index in [2.05, 4.69) is 42.6 Å². The van der Waals surface area contributed by atoms with Gasteiger partial charge >= 0.3 is 0 Å². The Morgan fingerprint density at radius 2 is 2.20 bits per heavy atom. The fraction of sp³-hybridized carbons (Fsp3) is 0.562. The Kier molecular flexibility index (Phi) is 4.71. The monoisotopic (exact) mass is 293 g/mol. The van der Waals surface area contributed by atoms with Gasteiger partial charge in [0, 0.05) is 30.9 Å². The van der Waals surface area contributed by atoms with Crippen LogP contribution in [0.4, 0.5) is 5.82 Å². The first-order valence-corrected chi connectivity index (χ1v) is 7.56. The minimum Gasteiger partial charge on any atom is -0.347 e. The number of nitrogens with zero attached hydrogens (tertiary/aromatic N) is 2. The van der Waals surface area contributed by atoms with E-state index in [4.69, 9.17) is 11.6 Å². The zero-order valence-corrected chi connectivity index (χ0v) is 13.4. The van der Waals surface area contributed by atoms with Gasteiger partial charge in [0.2, 0.25) is 0 Å². The Bertz CT molecular complexity index is 475. The van der Waals surface area contributed by atoms with Crippen LogP contribution in [0.2, 0.25) is 5.02 Å². The molecule has 0 saturated heterocycles. The number of hydrogen-bond acceptors (Lipinski definition) is 3. The second kappa shape index (κ2) is 6.15. The maximum Gasteiger partial charge on any atom is 0.148 e. The molecular weight excluding hydrogens is 270 g/mol. The highest BCUT2D eigenvalue weighted by molar-refractivity contribution is 6.33. The molecule has 0 unspecified atom stereocenters. The highest BCUT2D eigenvalue weighted by atomic mass is 35.5. The molecule has 0 bridgehead atoms. The summed E-state index contributed by atoms with van der Waals surface area (Å²) in [6.45, 7) is 11.8. The highest BCUT2D eigenvalue weighted by Gasteiger charge is 2.24. The van der Waals surface area contributed by atoms with Crippen LogP contribution in [0, 0.1) is 0 Å². The van der Waals surface area contributed by atoms with Gasteiger partial charge in [0.25, 0.3) is 0 Å². The quantitative estimate of drug-likeness (QED) is 0.809. The van der Waals surface area contributed by atoms with Gasteiger partial charge in [0.05, 0.1) is 5.02 Å². The van der Waals surface area contributed by atoms with Crippen molar-refractivity contribution in [2.45, 2.75) is 51.7 Å². The van der Waals surface area contributed by atoms with Gasteiger partial charge in [-0.1, -0.05) is 17.7 Å². The molecule has 1 fully saturated rings. The van der Waals surface area contributed by atoms with E-state index in [0.717, 1.165) is 24.5 Å². The van der Waals surface area contributed by atoms with Crippen molar-refractivity contribution >= 4 is 17.4 Å². The number of halogens is 1. The van der Waals surface area contributed by atoms with Crippen LogP contribution < -0.4 is 10.2 Å². The molecule has 0 aliphatic heterocycles. The SMILES string of the molecule is C=CCN(c1ncc(CNC2CC2)cc1Cl)C(C)(C)C. The van der Waals surface area contributed by atoms with Crippen molar-refractivity contribution in [2.75, 3.05) is 11.4 Å². The molecule has 1 aromatic heterocycles. The van der Waals surface area contributed by atoms with E-state index in [9.17, 15) is 0 Å². The average molecular weight is 294 g/mol. The summed E-state index contributed by atoms with van der Waals surface area (Å²) < 4.78 is 0. The predicted octanol–water partition coefficient (Wildman–Crippen LogP) is 3.78. The molecule has 1 heterocycles. The predicted molar refractivity (Wildman–Crippen MR) is 86.4 cm³/mol. The first-order valence-electron chi connectivity index (χ1n) is 7.18. The zero-order chi connectivity index (χ0) is 14.8. The summed E-state index contributed by atoms with van der Waals surface area (Å²) in [7, 11) is 0. The second-order valence-corrected chi connectivity index (χ2v) is 6.78. The summed E-state index contributed by atoms with van der Waals surface area (Å²) in [6, 6.07) is 2.71. The number of nitrogens with one attached hydrogen (secondary N) is 1. The maximum atomic E-state index is 6.43. The lowest BCUT2D eigenvalue weighted by molar-refractivity contribution is 0.517. The molecule has 20 heavy (non-hydrogen) atoms. The Labute approximate surface area is 127 Å². The van der Waals surface area contributed by atoms with Crippen molar-refractivity contribution in [2.24, 2.45) is 0 Å². The molecule has 110 valence electrons. The summed E-state index contributed by atoms with van der Waals surface area (Å²) in [6.07, 6.45) is 6.37. The van der Waals surface area contributed by atoms with Gasteiger partial charge in [0.1, 0.15) is 5.82 Å². The summed E-state index contributed by atoms with van der Waals surface area (Å²) in [4.78, 5) is 6.74. The van der Waals surface area contributed by atoms with E-state index in [-0.39, 0.29) is 5.54 Å². The lowest BCUT2D eigenvalue weighted by Gasteiger charge is -2.36. The van der Waals surface area contributed by atoms with E-state index < -0.39 is 0 Å². The average Bonchev–Trinajstić information content (AvgIpc) is 3.17. The van der Waals surface area contributed by atoms with E-state index in [1.807, 2.05) is 18.3 Å². The second-order valence-electron chi connectivity index (χ2n) is 6.37. The van der Waals surface area contributed by atoms with Gasteiger partial charge < -0.3 is 10.2 Å². The number of rotatable bonds is 6. The van der Waals surface area contributed by atoms with Gasteiger partial charge in [-0.25, -0.2) is 4.98 Å². The van der Waals surface area contributed by atoms with Crippen molar-refractivity contribution in [1.29, 1.82) is 0 Å². The molecule has 0 aromatic carbocycles. The number of anilines is 1. The first kappa shape index (κ1) is 15.3. The molecule has 0 spiro atoms. The summed E-state index contributed by atoms with van der Waals surface area (Å²) in [5.41, 5.74) is 1.09. The van der Waals surface area contributed by atoms with E-state index in [1.165, 1.54) is 12.8 Å². The van der Waals surface area contributed by atoms with Crippen molar-refractivity contribution in [3.63, 3.8) is 0 Å². The standard InChI is InChI=1S/C16H24ClN3/c1-5-8-20(16(2,3)4)15-14(17)9-12(11-19-15)10-18-13-6-7-13/h5,9,11,13,18H,1,6-8,10H2,2-4H3. The van der Waals surface area contributed by atoms with Crippen molar-refractivity contribution in [3.05, 3.63) is 35.5 Å². The van der Waals surface area contributed by atoms with Crippen molar-refractivity contribution < 1.29 is 0 Å². The minimum absolute atomic E-state index is 0.0430. The first-order chi connectivity index (χ1) is 9.41. The lowest BCUT2D eigenvalue weighted by Crippen LogP contribution is -2.42. The molecule has 0 radical (unpaired) electrons. The number of pyridine rings is 1. The number of aromatic nitrogens is 1. The molecule has 2 rings (SSSR count). The van der Waals surface area contributed by atoms with Gasteiger partial charge in [-0.3, -0.25) is 0 Å². The van der Waals surface area contributed by atoms with Crippen LogP contribution in [0.1, 0.15) is 39.2 Å². The normalized spacial score (nSPS) is 15.2. The van der Waals surface area contributed by atoms with Crippen molar-refractivity contribution in [1.82, 2.24) is 10.3 Å². The number of hydrogen-bond donors (Lipinski definition) is 1. The third-order valence-corrected chi connectivity index (χ3v) is 3.71. The Morgan fingerprint density at radius 1 is 1.50 bits per heavy atom. The largest absolute Gasteiger partial charge is 0.347 e. The molecule has 1 aliphatic carbocycles. The summed E-state index contributed by atoms with van der Waals surface area (Å²) in [5.74, 6) is 0.828. The molecule has 1 saturated carbocycles. The summed E-state index contributed by atoms with van der Waals surface area (Å²) in [5, 5.41) is 4.18. The van der Waals surface area contributed by atoms with Gasteiger partial charge in [-0.2, -0.15) is 0 Å². The Hall–Kier alpha value is -1.06. The van der Waals surface area contributed by atoms with Gasteiger partial charge in [-0.15, -0.1) is 6.58 Å². The van der Waals surface area contributed by atoms with Gasteiger partial charge in [0.15, 0.2) is 0 Å². The van der Waals surface area contributed by atoms with Gasteiger partial charge in [-0.05, 0) is 45.2 Å². The maximum absolute atomic E-state index is 6.43. The van der Waals surface area contributed by atoms with Crippen LogP contribution in [-0.4, -0.2) is 23.1 Å². The van der Waals surface area contributed by atoms with Crippen LogP contribution in [-0.2, 0) is 6.54 Å². The molecular formula is C16H24ClN3. The lowest BCUT2D eigenvalue weighted by atomic mass is 10.1. The smallest absolute Gasteiger partial charge is 0.148 e. The van der Waals surface area contributed by atoms with Crippen LogP contribution in [0.25, 0.3) is 0 Å². The van der Waals surface area contributed by atoms with Crippen LogP contribution >= 0.6 is 11.6 Å². The molecule has 4 heteroatoms. The van der Waals surface area contributed by atoms with Crippen LogP contribution in [0.15, 0.2) is 24.9 Å². The molecule has 3 nitrogen and oxygen atoms in total. The van der Waals surface area contributed by atoms with Crippen LogP contribution in [0.3, 0.4) is 0 Å².